The van der Waals surface area contributed by atoms with E-state index < -0.39 is 10.0 Å². The number of piperidine rings is 1. The maximum Gasteiger partial charge on any atom is 0.253 e. The Labute approximate surface area is 196 Å². The summed E-state index contributed by atoms with van der Waals surface area (Å²) < 4.78 is 27.6. The molecule has 1 fully saturated rings. The van der Waals surface area contributed by atoms with Gasteiger partial charge in [0.1, 0.15) is 0 Å². The van der Waals surface area contributed by atoms with E-state index in [9.17, 15) is 13.2 Å². The molecule has 33 heavy (non-hydrogen) atoms. The molecule has 5 nitrogen and oxygen atoms in total. The Kier molecular flexibility index (Phi) is 7.26. The Morgan fingerprint density at radius 1 is 0.879 bits per heavy atom. The molecule has 0 bridgehead atoms. The first-order valence-corrected chi connectivity index (χ1v) is 12.9. The fourth-order valence-electron chi connectivity index (χ4n) is 4.21. The third kappa shape index (κ3) is 6.09. The van der Waals surface area contributed by atoms with Crippen molar-refractivity contribution in [2.24, 2.45) is 5.92 Å². The maximum atomic E-state index is 12.9. The van der Waals surface area contributed by atoms with Crippen LogP contribution in [0.15, 0.2) is 83.8 Å². The van der Waals surface area contributed by atoms with Gasteiger partial charge in [0.05, 0.1) is 4.90 Å². The molecular weight excluding hydrogens is 432 g/mol. The predicted molar refractivity (Wildman–Crippen MR) is 130 cm³/mol. The van der Waals surface area contributed by atoms with Crippen molar-refractivity contribution in [1.29, 1.82) is 0 Å². The van der Waals surface area contributed by atoms with Crippen molar-refractivity contribution in [1.82, 2.24) is 9.62 Å². The number of sulfonamides is 1. The number of hydrogen-bond acceptors (Lipinski definition) is 3. The summed E-state index contributed by atoms with van der Waals surface area (Å²) in [5, 5.41) is 0. The molecule has 0 atom stereocenters. The van der Waals surface area contributed by atoms with Crippen molar-refractivity contribution in [3.63, 3.8) is 0 Å². The van der Waals surface area contributed by atoms with E-state index in [-0.39, 0.29) is 17.3 Å². The largest absolute Gasteiger partial charge is 0.339 e. The minimum Gasteiger partial charge on any atom is -0.339 e. The van der Waals surface area contributed by atoms with Crippen LogP contribution in [0.25, 0.3) is 0 Å². The summed E-state index contributed by atoms with van der Waals surface area (Å²) >= 11 is 0. The molecule has 3 aromatic carbocycles. The van der Waals surface area contributed by atoms with Crippen LogP contribution < -0.4 is 4.72 Å². The van der Waals surface area contributed by atoms with Gasteiger partial charge in [0.25, 0.3) is 5.91 Å². The van der Waals surface area contributed by atoms with Gasteiger partial charge in [-0.15, -0.1) is 0 Å². The van der Waals surface area contributed by atoms with Crippen LogP contribution in [0.3, 0.4) is 0 Å². The first kappa shape index (κ1) is 23.2. The minimum absolute atomic E-state index is 0.0416. The number of benzene rings is 3. The second-order valence-electron chi connectivity index (χ2n) is 8.76. The van der Waals surface area contributed by atoms with E-state index in [0.29, 0.717) is 11.5 Å². The lowest BCUT2D eigenvalue weighted by Crippen LogP contribution is -2.38. The number of likely N-dealkylation sites (tertiary alicyclic amines) is 1. The number of nitrogens with zero attached hydrogens (tertiary/aromatic N) is 1. The normalized spacial score (nSPS) is 14.9. The SMILES string of the molecule is Cc1ccc(S(=O)(=O)NCc2ccc(C(=O)N3CCC(Cc4ccccc4)CC3)cc2)cc1. The molecule has 4 rings (SSSR count). The molecule has 1 aliphatic rings. The second-order valence-corrected chi connectivity index (χ2v) is 10.5. The molecule has 0 aliphatic carbocycles. The number of hydrogen-bond donors (Lipinski definition) is 1. The van der Waals surface area contributed by atoms with Crippen LogP contribution in [-0.4, -0.2) is 32.3 Å². The monoisotopic (exact) mass is 462 g/mol. The molecule has 172 valence electrons. The summed E-state index contributed by atoms with van der Waals surface area (Å²) in [4.78, 5) is 15.1. The van der Waals surface area contributed by atoms with Gasteiger partial charge in [-0.25, -0.2) is 13.1 Å². The van der Waals surface area contributed by atoms with Gasteiger partial charge in [0, 0.05) is 25.2 Å². The summed E-state index contributed by atoms with van der Waals surface area (Å²) in [6.45, 7) is 3.64. The fraction of sp³-hybridized carbons (Fsp3) is 0.296. The van der Waals surface area contributed by atoms with Gasteiger partial charge >= 0.3 is 0 Å². The first-order chi connectivity index (χ1) is 15.9. The van der Waals surface area contributed by atoms with Crippen molar-refractivity contribution >= 4 is 15.9 Å². The van der Waals surface area contributed by atoms with E-state index in [1.54, 1.807) is 36.4 Å². The summed E-state index contributed by atoms with van der Waals surface area (Å²) in [7, 11) is -3.57. The summed E-state index contributed by atoms with van der Waals surface area (Å²) in [5.41, 5.74) is 3.82. The Hall–Kier alpha value is -2.96. The second kappa shape index (κ2) is 10.3. The van der Waals surface area contributed by atoms with Crippen LogP contribution in [0.5, 0.6) is 0 Å². The molecule has 1 N–H and O–H groups in total. The molecule has 0 saturated carbocycles. The molecule has 1 saturated heterocycles. The molecule has 0 unspecified atom stereocenters. The van der Waals surface area contributed by atoms with Gasteiger partial charge in [-0.3, -0.25) is 4.79 Å². The maximum absolute atomic E-state index is 12.9. The van der Waals surface area contributed by atoms with Gasteiger partial charge in [0.2, 0.25) is 10.0 Å². The number of amides is 1. The fourth-order valence-corrected chi connectivity index (χ4v) is 5.23. The van der Waals surface area contributed by atoms with E-state index >= 15 is 0 Å². The highest BCUT2D eigenvalue weighted by molar-refractivity contribution is 7.89. The molecule has 1 amide bonds. The number of nitrogens with one attached hydrogen (secondary N) is 1. The lowest BCUT2D eigenvalue weighted by atomic mass is 9.90. The van der Waals surface area contributed by atoms with Crippen LogP contribution in [0, 0.1) is 12.8 Å². The van der Waals surface area contributed by atoms with Gasteiger partial charge in [0.15, 0.2) is 0 Å². The Bertz CT molecular complexity index is 1170. The van der Waals surface area contributed by atoms with E-state index in [0.717, 1.165) is 43.5 Å². The summed E-state index contributed by atoms with van der Waals surface area (Å²) in [5.74, 6) is 0.653. The van der Waals surface area contributed by atoms with Gasteiger partial charge in [-0.1, -0.05) is 60.2 Å². The average molecular weight is 463 g/mol. The quantitative estimate of drug-likeness (QED) is 0.559. The molecule has 3 aromatic rings. The van der Waals surface area contributed by atoms with E-state index in [4.69, 9.17) is 0 Å². The van der Waals surface area contributed by atoms with Gasteiger partial charge in [-0.05, 0) is 67.5 Å². The highest BCUT2D eigenvalue weighted by Gasteiger charge is 2.24. The molecule has 0 radical (unpaired) electrons. The Morgan fingerprint density at radius 3 is 2.15 bits per heavy atom. The van der Waals surface area contributed by atoms with E-state index in [2.05, 4.69) is 29.0 Å². The number of aryl methyl sites for hydroxylation is 1. The van der Waals surface area contributed by atoms with Gasteiger partial charge in [-0.2, -0.15) is 0 Å². The number of carbonyl (C=O) groups is 1. The number of rotatable bonds is 7. The number of carbonyl (C=O) groups excluding carboxylic acids is 1. The lowest BCUT2D eigenvalue weighted by Gasteiger charge is -2.32. The molecule has 0 spiro atoms. The molecule has 1 heterocycles. The van der Waals surface area contributed by atoms with E-state index in [1.165, 1.54) is 5.56 Å². The Morgan fingerprint density at radius 2 is 1.52 bits per heavy atom. The van der Waals surface area contributed by atoms with Crippen LogP contribution >= 0.6 is 0 Å². The third-order valence-corrected chi connectivity index (χ3v) is 7.68. The van der Waals surface area contributed by atoms with Crippen molar-refractivity contribution in [2.45, 2.75) is 37.6 Å². The summed E-state index contributed by atoms with van der Waals surface area (Å²) in [6, 6.07) is 24.5. The van der Waals surface area contributed by atoms with Crippen LogP contribution in [0.2, 0.25) is 0 Å². The molecular formula is C27H30N2O3S. The highest BCUT2D eigenvalue weighted by atomic mass is 32.2. The molecule has 0 aromatic heterocycles. The van der Waals surface area contributed by atoms with Crippen LogP contribution in [0.1, 0.15) is 39.9 Å². The zero-order chi connectivity index (χ0) is 23.3. The van der Waals surface area contributed by atoms with Crippen molar-refractivity contribution in [2.75, 3.05) is 13.1 Å². The Balaban J connectivity index is 1.29. The smallest absolute Gasteiger partial charge is 0.253 e. The van der Waals surface area contributed by atoms with Crippen molar-refractivity contribution in [3.05, 3.63) is 101 Å². The molecule has 6 heteroatoms. The van der Waals surface area contributed by atoms with E-state index in [1.807, 2.05) is 30.0 Å². The molecule has 1 aliphatic heterocycles. The summed E-state index contributed by atoms with van der Waals surface area (Å²) in [6.07, 6.45) is 3.09. The standard InChI is InChI=1S/C27H30N2O3S/c1-21-7-13-26(14-8-21)33(31,32)28-20-24-9-11-25(12-10-24)27(30)29-17-15-23(16-18-29)19-22-5-3-2-4-6-22/h2-14,23,28H,15-20H2,1H3. The zero-order valence-corrected chi connectivity index (χ0v) is 19.7. The minimum atomic E-state index is -3.57. The third-order valence-electron chi connectivity index (χ3n) is 6.27. The predicted octanol–water partition coefficient (Wildman–Crippen LogP) is 4.57. The zero-order valence-electron chi connectivity index (χ0n) is 18.9. The lowest BCUT2D eigenvalue weighted by molar-refractivity contribution is 0.0690. The highest BCUT2D eigenvalue weighted by Crippen LogP contribution is 2.23. The first-order valence-electron chi connectivity index (χ1n) is 11.4. The van der Waals surface area contributed by atoms with Gasteiger partial charge < -0.3 is 4.90 Å². The van der Waals surface area contributed by atoms with Crippen molar-refractivity contribution in [3.8, 4) is 0 Å². The van der Waals surface area contributed by atoms with Crippen molar-refractivity contribution < 1.29 is 13.2 Å². The van der Waals surface area contributed by atoms with Crippen LogP contribution in [0.4, 0.5) is 0 Å². The van der Waals surface area contributed by atoms with Crippen LogP contribution in [-0.2, 0) is 23.0 Å². The average Bonchev–Trinajstić information content (AvgIpc) is 2.84. The topological polar surface area (TPSA) is 66.5 Å².